The standard InChI is InChI=1S/C26H35NO3/c1-4-6-7-8-19-29-24-15-11-23(12-16-24)27-18-17-26(28)22-9-13-25(14-10-22)30-20-21(3)5-2/h9-18,21,27H,4-8,19-20H2,1-3H3/b18-17+/t21-/m1/s1. The van der Waals surface area contributed by atoms with Crippen LogP contribution in [0.25, 0.3) is 0 Å². The molecule has 1 N–H and O–H groups in total. The van der Waals surface area contributed by atoms with Gasteiger partial charge in [0.1, 0.15) is 11.5 Å². The fourth-order valence-electron chi connectivity index (χ4n) is 2.75. The van der Waals surface area contributed by atoms with Crippen LogP contribution in [0.2, 0.25) is 0 Å². The number of benzene rings is 2. The number of carbonyl (C=O) groups excluding carboxylic acids is 1. The maximum Gasteiger partial charge on any atom is 0.187 e. The van der Waals surface area contributed by atoms with Crippen molar-refractivity contribution in [3.05, 3.63) is 66.4 Å². The van der Waals surface area contributed by atoms with E-state index in [0.29, 0.717) is 18.1 Å². The molecule has 0 saturated heterocycles. The molecule has 0 bridgehead atoms. The summed E-state index contributed by atoms with van der Waals surface area (Å²) >= 11 is 0. The summed E-state index contributed by atoms with van der Waals surface area (Å²) in [5, 5.41) is 3.13. The second-order valence-electron chi connectivity index (χ2n) is 7.62. The van der Waals surface area contributed by atoms with Crippen LogP contribution in [0.3, 0.4) is 0 Å². The van der Waals surface area contributed by atoms with Crippen molar-refractivity contribution in [3.63, 3.8) is 0 Å². The number of anilines is 1. The molecule has 4 heteroatoms. The van der Waals surface area contributed by atoms with Gasteiger partial charge in [0.15, 0.2) is 5.78 Å². The van der Waals surface area contributed by atoms with Gasteiger partial charge in [-0.1, -0.05) is 46.5 Å². The minimum absolute atomic E-state index is 0.0528. The minimum Gasteiger partial charge on any atom is -0.494 e. The van der Waals surface area contributed by atoms with Crippen molar-refractivity contribution in [3.8, 4) is 11.5 Å². The van der Waals surface area contributed by atoms with Gasteiger partial charge in [0.2, 0.25) is 0 Å². The Morgan fingerprint density at radius 3 is 2.27 bits per heavy atom. The Morgan fingerprint density at radius 2 is 1.60 bits per heavy atom. The van der Waals surface area contributed by atoms with E-state index in [1.807, 2.05) is 36.4 Å². The second kappa shape index (κ2) is 13.5. The average molecular weight is 410 g/mol. The Morgan fingerprint density at radius 1 is 0.933 bits per heavy atom. The second-order valence-corrected chi connectivity index (χ2v) is 7.62. The van der Waals surface area contributed by atoms with E-state index in [-0.39, 0.29) is 5.78 Å². The van der Waals surface area contributed by atoms with E-state index in [1.54, 1.807) is 18.3 Å². The lowest BCUT2D eigenvalue weighted by molar-refractivity contribution is 0.104. The Labute approximate surface area is 181 Å². The summed E-state index contributed by atoms with van der Waals surface area (Å²) < 4.78 is 11.5. The van der Waals surface area contributed by atoms with Crippen molar-refractivity contribution in [1.82, 2.24) is 0 Å². The predicted octanol–water partition coefficient (Wildman–Crippen LogP) is 6.88. The fraction of sp³-hybridized carbons (Fsp3) is 0.423. The summed E-state index contributed by atoms with van der Waals surface area (Å²) in [6, 6.07) is 15.1. The first-order chi connectivity index (χ1) is 14.6. The van der Waals surface area contributed by atoms with Gasteiger partial charge in [-0.15, -0.1) is 0 Å². The number of allylic oxidation sites excluding steroid dienone is 1. The molecular formula is C26H35NO3. The SMILES string of the molecule is CCCCCCOc1ccc(N/C=C/C(=O)c2ccc(OC[C@H](C)CC)cc2)cc1. The summed E-state index contributed by atoms with van der Waals surface area (Å²) in [5.41, 5.74) is 1.54. The largest absolute Gasteiger partial charge is 0.494 e. The van der Waals surface area contributed by atoms with Gasteiger partial charge < -0.3 is 14.8 Å². The van der Waals surface area contributed by atoms with E-state index >= 15 is 0 Å². The molecule has 2 aromatic carbocycles. The molecule has 1 atom stereocenters. The van der Waals surface area contributed by atoms with Crippen LogP contribution < -0.4 is 14.8 Å². The molecule has 2 rings (SSSR count). The number of hydrogen-bond donors (Lipinski definition) is 1. The molecule has 0 amide bonds. The first-order valence-electron chi connectivity index (χ1n) is 11.1. The fourth-order valence-corrected chi connectivity index (χ4v) is 2.75. The Hall–Kier alpha value is -2.75. The highest BCUT2D eigenvalue weighted by Crippen LogP contribution is 2.17. The third-order valence-electron chi connectivity index (χ3n) is 4.98. The molecule has 0 aliphatic carbocycles. The van der Waals surface area contributed by atoms with Crippen LogP contribution >= 0.6 is 0 Å². The van der Waals surface area contributed by atoms with Crippen LogP contribution in [0.15, 0.2) is 60.8 Å². The van der Waals surface area contributed by atoms with Crippen molar-refractivity contribution in [2.24, 2.45) is 5.92 Å². The lowest BCUT2D eigenvalue weighted by Crippen LogP contribution is -2.07. The van der Waals surface area contributed by atoms with Crippen LogP contribution in [-0.2, 0) is 0 Å². The molecule has 0 heterocycles. The molecule has 4 nitrogen and oxygen atoms in total. The average Bonchev–Trinajstić information content (AvgIpc) is 2.78. The van der Waals surface area contributed by atoms with E-state index < -0.39 is 0 Å². The van der Waals surface area contributed by atoms with Crippen LogP contribution in [-0.4, -0.2) is 19.0 Å². The van der Waals surface area contributed by atoms with Gasteiger partial charge in [-0.05, 0) is 60.9 Å². The first-order valence-corrected chi connectivity index (χ1v) is 11.1. The van der Waals surface area contributed by atoms with Gasteiger partial charge in [0.05, 0.1) is 13.2 Å². The lowest BCUT2D eigenvalue weighted by Gasteiger charge is -2.10. The van der Waals surface area contributed by atoms with Crippen molar-refractivity contribution in [2.75, 3.05) is 18.5 Å². The zero-order valence-corrected chi connectivity index (χ0v) is 18.5. The third-order valence-corrected chi connectivity index (χ3v) is 4.98. The van der Waals surface area contributed by atoms with Crippen LogP contribution in [0.4, 0.5) is 5.69 Å². The number of ketones is 1. The topological polar surface area (TPSA) is 47.6 Å². The Balaban J connectivity index is 1.75. The summed E-state index contributed by atoms with van der Waals surface area (Å²) in [5.74, 6) is 2.13. The van der Waals surface area contributed by atoms with Gasteiger partial charge in [-0.3, -0.25) is 4.79 Å². The quantitative estimate of drug-likeness (QED) is 0.210. The van der Waals surface area contributed by atoms with Crippen molar-refractivity contribution < 1.29 is 14.3 Å². The zero-order chi connectivity index (χ0) is 21.6. The summed E-state index contributed by atoms with van der Waals surface area (Å²) in [7, 11) is 0. The molecular weight excluding hydrogens is 374 g/mol. The van der Waals surface area contributed by atoms with E-state index in [1.165, 1.54) is 25.3 Å². The van der Waals surface area contributed by atoms with Gasteiger partial charge in [0.25, 0.3) is 0 Å². The number of rotatable bonds is 14. The number of unbranched alkanes of at least 4 members (excludes halogenated alkanes) is 3. The van der Waals surface area contributed by atoms with E-state index in [0.717, 1.165) is 36.6 Å². The van der Waals surface area contributed by atoms with E-state index in [2.05, 4.69) is 26.1 Å². The Kier molecular flexibility index (Phi) is 10.6. The molecule has 0 aliphatic rings. The van der Waals surface area contributed by atoms with Crippen molar-refractivity contribution in [2.45, 2.75) is 52.9 Å². The molecule has 30 heavy (non-hydrogen) atoms. The third kappa shape index (κ3) is 8.73. The number of ether oxygens (including phenoxy) is 2. The van der Waals surface area contributed by atoms with Crippen molar-refractivity contribution in [1.29, 1.82) is 0 Å². The highest BCUT2D eigenvalue weighted by atomic mass is 16.5. The molecule has 0 unspecified atom stereocenters. The molecule has 0 spiro atoms. The van der Waals surface area contributed by atoms with Crippen molar-refractivity contribution >= 4 is 11.5 Å². The molecule has 0 aliphatic heterocycles. The summed E-state index contributed by atoms with van der Waals surface area (Å²) in [6.45, 7) is 7.95. The van der Waals surface area contributed by atoms with Gasteiger partial charge >= 0.3 is 0 Å². The predicted molar refractivity (Wildman–Crippen MR) is 125 cm³/mol. The summed E-state index contributed by atoms with van der Waals surface area (Å²) in [6.07, 6.45) is 9.07. The molecule has 0 fully saturated rings. The monoisotopic (exact) mass is 409 g/mol. The molecule has 0 saturated carbocycles. The van der Waals surface area contributed by atoms with Gasteiger partial charge in [-0.2, -0.15) is 0 Å². The molecule has 0 radical (unpaired) electrons. The Bertz CT molecular complexity index is 766. The first kappa shape index (κ1) is 23.5. The van der Waals surface area contributed by atoms with Crippen LogP contribution in [0, 0.1) is 5.92 Å². The maximum absolute atomic E-state index is 12.3. The van der Waals surface area contributed by atoms with Gasteiger partial charge in [0, 0.05) is 23.5 Å². The molecule has 0 aromatic heterocycles. The maximum atomic E-state index is 12.3. The smallest absolute Gasteiger partial charge is 0.187 e. The number of hydrogen-bond acceptors (Lipinski definition) is 4. The normalized spacial score (nSPS) is 12.0. The minimum atomic E-state index is -0.0528. The van der Waals surface area contributed by atoms with Gasteiger partial charge in [-0.25, -0.2) is 0 Å². The van der Waals surface area contributed by atoms with E-state index in [9.17, 15) is 4.79 Å². The number of carbonyl (C=O) groups is 1. The number of nitrogens with one attached hydrogen (secondary N) is 1. The summed E-state index contributed by atoms with van der Waals surface area (Å²) in [4.78, 5) is 12.3. The zero-order valence-electron chi connectivity index (χ0n) is 18.5. The highest BCUT2D eigenvalue weighted by Gasteiger charge is 2.04. The highest BCUT2D eigenvalue weighted by molar-refractivity contribution is 6.04. The van der Waals surface area contributed by atoms with Crippen LogP contribution in [0.5, 0.6) is 11.5 Å². The molecule has 162 valence electrons. The lowest BCUT2D eigenvalue weighted by atomic mass is 10.1. The molecule has 2 aromatic rings. The van der Waals surface area contributed by atoms with Crippen LogP contribution in [0.1, 0.15) is 63.2 Å². The van der Waals surface area contributed by atoms with E-state index in [4.69, 9.17) is 9.47 Å².